The highest BCUT2D eigenvalue weighted by molar-refractivity contribution is 6.13. The molecule has 2 amide bonds. The number of aromatic nitrogens is 3. The molecule has 118 valence electrons. The molecule has 0 unspecified atom stereocenters. The number of hydrogen-bond donors (Lipinski definition) is 4. The summed E-state index contributed by atoms with van der Waals surface area (Å²) in [6.07, 6.45) is 1.29. The van der Waals surface area contributed by atoms with E-state index in [1.54, 1.807) is 22.8 Å². The first kappa shape index (κ1) is 14.6. The number of carboxylic acids is 1. The van der Waals surface area contributed by atoms with Gasteiger partial charge in [0.05, 0.1) is 10.9 Å². The zero-order valence-electron chi connectivity index (χ0n) is 12.2. The summed E-state index contributed by atoms with van der Waals surface area (Å²) in [7, 11) is 1.51. The molecule has 0 aliphatic carbocycles. The van der Waals surface area contributed by atoms with Gasteiger partial charge in [-0.3, -0.25) is 4.79 Å². The largest absolute Gasteiger partial charge is 0.480 e. The number of carbonyl (C=O) groups excluding carboxylic acids is 1. The van der Waals surface area contributed by atoms with Crippen LogP contribution in [0.15, 0.2) is 24.5 Å². The van der Waals surface area contributed by atoms with Gasteiger partial charge in [0.15, 0.2) is 0 Å². The van der Waals surface area contributed by atoms with Gasteiger partial charge in [-0.25, -0.2) is 14.8 Å². The van der Waals surface area contributed by atoms with E-state index >= 15 is 0 Å². The second kappa shape index (κ2) is 5.44. The molecular weight excluding hydrogens is 300 g/mol. The van der Waals surface area contributed by atoms with Crippen molar-refractivity contribution in [2.75, 3.05) is 18.1 Å². The highest BCUT2D eigenvalue weighted by atomic mass is 16.4. The molecular formula is C14H14N6O3. The maximum atomic E-state index is 11.4. The van der Waals surface area contributed by atoms with Gasteiger partial charge in [-0.1, -0.05) is 0 Å². The lowest BCUT2D eigenvalue weighted by Gasteiger charge is -2.05. The van der Waals surface area contributed by atoms with Crippen LogP contribution in [0.2, 0.25) is 0 Å². The van der Waals surface area contributed by atoms with E-state index in [1.807, 2.05) is 0 Å². The number of nitrogen functional groups attached to an aromatic ring is 1. The number of amides is 2. The fourth-order valence-electron chi connectivity index (χ4n) is 2.50. The average molecular weight is 314 g/mol. The van der Waals surface area contributed by atoms with Crippen molar-refractivity contribution in [3.8, 4) is 0 Å². The topological polar surface area (TPSA) is 135 Å². The highest BCUT2D eigenvalue weighted by Gasteiger charge is 2.17. The Labute approximate surface area is 130 Å². The minimum Gasteiger partial charge on any atom is -0.480 e. The van der Waals surface area contributed by atoms with E-state index in [0.29, 0.717) is 27.6 Å². The lowest BCUT2D eigenvalue weighted by Crippen LogP contribution is -2.24. The molecule has 9 nitrogen and oxygen atoms in total. The third kappa shape index (κ3) is 2.48. The van der Waals surface area contributed by atoms with Crippen molar-refractivity contribution < 1.29 is 14.7 Å². The van der Waals surface area contributed by atoms with Crippen molar-refractivity contribution >= 4 is 45.4 Å². The van der Waals surface area contributed by atoms with E-state index in [1.165, 1.54) is 13.4 Å². The van der Waals surface area contributed by atoms with Crippen LogP contribution in [0.4, 0.5) is 16.3 Å². The number of nitrogens with one attached hydrogen (secondary N) is 2. The number of nitrogens with two attached hydrogens (primary N) is 1. The van der Waals surface area contributed by atoms with Crippen LogP contribution in [0.5, 0.6) is 0 Å². The molecule has 2 aromatic heterocycles. The highest BCUT2D eigenvalue weighted by Crippen LogP contribution is 2.32. The van der Waals surface area contributed by atoms with Gasteiger partial charge >= 0.3 is 12.0 Å². The average Bonchev–Trinajstić information content (AvgIpc) is 2.81. The van der Waals surface area contributed by atoms with E-state index in [2.05, 4.69) is 20.6 Å². The number of aliphatic carboxylic acids is 1. The minimum absolute atomic E-state index is 0.251. The zero-order valence-corrected chi connectivity index (χ0v) is 12.2. The molecule has 3 rings (SSSR count). The second-order valence-electron chi connectivity index (χ2n) is 4.87. The predicted octanol–water partition coefficient (Wildman–Crippen LogP) is 1.00. The maximum absolute atomic E-state index is 11.4. The number of nitrogens with zero attached hydrogens (tertiary/aromatic N) is 3. The van der Waals surface area contributed by atoms with Gasteiger partial charge in [-0.15, -0.1) is 0 Å². The van der Waals surface area contributed by atoms with E-state index in [-0.39, 0.29) is 18.4 Å². The Morgan fingerprint density at radius 3 is 2.83 bits per heavy atom. The van der Waals surface area contributed by atoms with Crippen LogP contribution in [0.1, 0.15) is 0 Å². The monoisotopic (exact) mass is 314 g/mol. The molecule has 0 fully saturated rings. The van der Waals surface area contributed by atoms with Crippen molar-refractivity contribution in [1.82, 2.24) is 19.9 Å². The zero-order chi connectivity index (χ0) is 16.6. The summed E-state index contributed by atoms with van der Waals surface area (Å²) in [4.78, 5) is 30.7. The Kier molecular flexibility index (Phi) is 3.45. The van der Waals surface area contributed by atoms with Gasteiger partial charge in [0.25, 0.3) is 0 Å². The summed E-state index contributed by atoms with van der Waals surface area (Å²) in [5.74, 6) is -0.741. The number of fused-ring (bicyclic) bond motifs is 3. The van der Waals surface area contributed by atoms with Crippen molar-refractivity contribution in [2.45, 2.75) is 6.54 Å². The third-order valence-corrected chi connectivity index (χ3v) is 3.45. The third-order valence-electron chi connectivity index (χ3n) is 3.45. The molecule has 0 radical (unpaired) electrons. The molecule has 0 atom stereocenters. The Morgan fingerprint density at radius 2 is 2.13 bits per heavy atom. The Morgan fingerprint density at radius 1 is 1.35 bits per heavy atom. The molecule has 0 saturated heterocycles. The van der Waals surface area contributed by atoms with Gasteiger partial charge in [0.1, 0.15) is 24.3 Å². The van der Waals surface area contributed by atoms with Crippen LogP contribution in [0, 0.1) is 0 Å². The quantitative estimate of drug-likeness (QED) is 0.569. The number of benzene rings is 1. The van der Waals surface area contributed by atoms with E-state index in [9.17, 15) is 9.59 Å². The van der Waals surface area contributed by atoms with Crippen molar-refractivity contribution in [2.24, 2.45) is 0 Å². The first-order valence-corrected chi connectivity index (χ1v) is 6.74. The SMILES string of the molecule is CNC(=O)Nc1ccc2c(c1)c1c(N)ncnc1n2CC(=O)O. The number of urea groups is 1. The molecule has 0 spiro atoms. The molecule has 5 N–H and O–H groups in total. The fourth-order valence-corrected chi connectivity index (χ4v) is 2.50. The molecule has 2 heterocycles. The van der Waals surface area contributed by atoms with Gasteiger partial charge in [0.2, 0.25) is 0 Å². The van der Waals surface area contributed by atoms with Crippen molar-refractivity contribution in [1.29, 1.82) is 0 Å². The van der Waals surface area contributed by atoms with Crippen LogP contribution in [-0.4, -0.2) is 38.7 Å². The van der Waals surface area contributed by atoms with Crippen LogP contribution in [0.25, 0.3) is 21.9 Å². The molecule has 23 heavy (non-hydrogen) atoms. The van der Waals surface area contributed by atoms with E-state index in [0.717, 1.165) is 0 Å². The molecule has 1 aromatic carbocycles. The first-order valence-electron chi connectivity index (χ1n) is 6.74. The molecule has 0 saturated carbocycles. The van der Waals surface area contributed by atoms with Crippen molar-refractivity contribution in [3.63, 3.8) is 0 Å². The fraction of sp³-hybridized carbons (Fsp3) is 0.143. The number of hydrogen-bond acceptors (Lipinski definition) is 5. The standard InChI is InChI=1S/C14H14N6O3/c1-16-14(23)19-7-2-3-9-8(4-7)11-12(15)17-6-18-13(11)20(9)5-10(21)22/h2-4,6H,5H2,1H3,(H,21,22)(H2,15,17,18)(H2,16,19,23). The predicted molar refractivity (Wildman–Crippen MR) is 85.2 cm³/mol. The lowest BCUT2D eigenvalue weighted by atomic mass is 10.2. The number of anilines is 2. The molecule has 0 bridgehead atoms. The molecule has 0 aliphatic rings. The first-order chi connectivity index (χ1) is 11.0. The summed E-state index contributed by atoms with van der Waals surface area (Å²) >= 11 is 0. The summed E-state index contributed by atoms with van der Waals surface area (Å²) in [6.45, 7) is -0.251. The summed E-state index contributed by atoms with van der Waals surface area (Å²) < 4.78 is 1.55. The van der Waals surface area contributed by atoms with Gasteiger partial charge in [0, 0.05) is 18.1 Å². The second-order valence-corrected chi connectivity index (χ2v) is 4.87. The number of carboxylic acid groups (broad SMARTS) is 1. The van der Waals surface area contributed by atoms with Crippen molar-refractivity contribution in [3.05, 3.63) is 24.5 Å². The van der Waals surface area contributed by atoms with Crippen LogP contribution in [-0.2, 0) is 11.3 Å². The Bertz CT molecular complexity index is 933. The Balaban J connectivity index is 2.28. The lowest BCUT2D eigenvalue weighted by molar-refractivity contribution is -0.137. The van der Waals surface area contributed by atoms with E-state index < -0.39 is 5.97 Å². The summed E-state index contributed by atoms with van der Waals surface area (Å²) in [6, 6.07) is 4.75. The van der Waals surface area contributed by atoms with Crippen LogP contribution < -0.4 is 16.4 Å². The van der Waals surface area contributed by atoms with Gasteiger partial charge < -0.3 is 26.0 Å². The van der Waals surface area contributed by atoms with E-state index in [4.69, 9.17) is 10.8 Å². The Hall–Kier alpha value is -3.36. The van der Waals surface area contributed by atoms with Gasteiger partial charge in [-0.05, 0) is 18.2 Å². The summed E-state index contributed by atoms with van der Waals surface area (Å²) in [5.41, 5.74) is 7.57. The van der Waals surface area contributed by atoms with Crippen LogP contribution >= 0.6 is 0 Å². The smallest absolute Gasteiger partial charge is 0.323 e. The molecule has 0 aliphatic heterocycles. The number of rotatable bonds is 3. The normalized spacial score (nSPS) is 10.8. The maximum Gasteiger partial charge on any atom is 0.323 e. The van der Waals surface area contributed by atoms with Gasteiger partial charge in [-0.2, -0.15) is 0 Å². The number of carbonyl (C=O) groups is 2. The van der Waals surface area contributed by atoms with Crippen LogP contribution in [0.3, 0.4) is 0 Å². The molecule has 9 heteroatoms. The summed E-state index contributed by atoms with van der Waals surface area (Å²) in [5, 5.41) is 15.5. The molecule has 3 aromatic rings. The minimum atomic E-state index is -0.992.